The van der Waals surface area contributed by atoms with Gasteiger partial charge in [0, 0.05) is 64.8 Å². The molecule has 5 heterocycles. The standard InChI is InChI=1S/C18H16ClF3N4O2.C10H10ClN3O3.H2/c1-10(28-2)17-12(9-24-16-8-15(19)25-26(16)17)7-13(27)5-11-3-4-23-14(6-11)18(20,21)22;1-5(17-2)9-6(10(15)16)4-12-8-3-7(11)13-14(8)9;/h3-4,6,8-10H,5,7H2,1-2H3;3-5H,1-2H3,(H,15,16);1H/t10-;5-;/m00./s1/i;;1+1. The molecule has 0 aliphatic heterocycles. The molecule has 0 aliphatic carbocycles. The summed E-state index contributed by atoms with van der Waals surface area (Å²) in [4.78, 5) is 35.2. The fourth-order valence-corrected chi connectivity index (χ4v) is 4.82. The second-order valence-corrected chi connectivity index (χ2v) is 10.5. The van der Waals surface area contributed by atoms with Crippen molar-refractivity contribution in [2.45, 2.75) is 45.1 Å². The lowest BCUT2D eigenvalue weighted by molar-refractivity contribution is -0.141. The normalized spacial score (nSPS) is 13.0. The van der Waals surface area contributed by atoms with E-state index in [1.165, 1.54) is 41.7 Å². The lowest BCUT2D eigenvalue weighted by atomic mass is 10.0. The Morgan fingerprint density at radius 3 is 2.02 bits per heavy atom. The van der Waals surface area contributed by atoms with Gasteiger partial charge in [0.2, 0.25) is 0 Å². The van der Waals surface area contributed by atoms with Gasteiger partial charge in [-0.2, -0.15) is 23.4 Å². The van der Waals surface area contributed by atoms with Crippen molar-refractivity contribution in [1.29, 1.82) is 0 Å². The summed E-state index contributed by atoms with van der Waals surface area (Å²) in [6.07, 6.45) is -1.73. The molecular formula is C28H28Cl2F3N7O5. The number of carbonyl (C=O) groups excluding carboxylic acids is 1. The highest BCUT2D eigenvalue weighted by Gasteiger charge is 2.32. The Balaban J connectivity index is 0.000000274. The molecule has 0 bridgehead atoms. The molecule has 0 saturated heterocycles. The Kier molecular flexibility index (Phi) is 10.4. The van der Waals surface area contributed by atoms with E-state index in [-0.39, 0.29) is 41.5 Å². The second-order valence-electron chi connectivity index (χ2n) is 9.70. The fourth-order valence-electron chi connectivity index (χ4n) is 4.47. The number of ether oxygens (including phenoxy) is 2. The van der Waals surface area contributed by atoms with Gasteiger partial charge in [0.15, 0.2) is 21.6 Å². The minimum Gasteiger partial charge on any atom is -0.478 e. The van der Waals surface area contributed by atoms with E-state index >= 15 is 0 Å². The Morgan fingerprint density at radius 1 is 0.911 bits per heavy atom. The molecule has 2 atom stereocenters. The van der Waals surface area contributed by atoms with Gasteiger partial charge < -0.3 is 14.6 Å². The van der Waals surface area contributed by atoms with Gasteiger partial charge >= 0.3 is 12.1 Å². The summed E-state index contributed by atoms with van der Waals surface area (Å²) >= 11 is 11.7. The summed E-state index contributed by atoms with van der Waals surface area (Å²) < 4.78 is 51.8. The number of carboxylic acid groups (broad SMARTS) is 1. The van der Waals surface area contributed by atoms with Gasteiger partial charge in [0.1, 0.15) is 17.0 Å². The van der Waals surface area contributed by atoms with E-state index in [1.807, 2.05) is 0 Å². The van der Waals surface area contributed by atoms with Crippen LogP contribution in [-0.4, -0.2) is 65.3 Å². The number of nitrogens with zero attached hydrogens (tertiary/aromatic N) is 7. The van der Waals surface area contributed by atoms with Gasteiger partial charge in [0.05, 0.1) is 23.6 Å². The van der Waals surface area contributed by atoms with E-state index in [1.54, 1.807) is 26.0 Å². The first kappa shape index (κ1) is 33.7. The number of rotatable bonds is 9. The molecule has 0 fully saturated rings. The summed E-state index contributed by atoms with van der Waals surface area (Å²) in [6.45, 7) is 3.52. The van der Waals surface area contributed by atoms with Crippen LogP contribution in [-0.2, 0) is 33.3 Å². The zero-order valence-corrected chi connectivity index (χ0v) is 25.7. The fraction of sp³-hybridized carbons (Fsp3) is 0.321. The number of halogens is 5. The number of aromatic nitrogens is 7. The average molecular weight is 671 g/mol. The van der Waals surface area contributed by atoms with Crippen LogP contribution in [0.25, 0.3) is 11.3 Å². The third-order valence-electron chi connectivity index (χ3n) is 6.67. The predicted octanol–water partition coefficient (Wildman–Crippen LogP) is 5.89. The van der Waals surface area contributed by atoms with Gasteiger partial charge in [-0.3, -0.25) is 9.78 Å². The molecule has 0 spiro atoms. The quantitative estimate of drug-likeness (QED) is 0.201. The Labute approximate surface area is 265 Å². The number of alkyl halides is 3. The summed E-state index contributed by atoms with van der Waals surface area (Å²) in [5.74, 6) is -1.35. The van der Waals surface area contributed by atoms with E-state index in [2.05, 4.69) is 25.1 Å². The molecule has 5 rings (SSSR count). The SMILES string of the molecule is CO[C@@H](C)c1c(C(=O)O)cnc2cc(Cl)nn12.CO[C@@H](C)c1c(CC(=O)Cc2ccnc(C(F)(F)F)c2)cnc2cc(Cl)nn12.[2HH]. The molecule has 0 radical (unpaired) electrons. The van der Waals surface area contributed by atoms with Crippen LogP contribution in [0.5, 0.6) is 0 Å². The minimum absolute atomic E-state index is 0. The second kappa shape index (κ2) is 13.9. The number of methoxy groups -OCH3 is 2. The molecule has 0 saturated carbocycles. The predicted molar refractivity (Wildman–Crippen MR) is 158 cm³/mol. The van der Waals surface area contributed by atoms with Crippen molar-refractivity contribution in [3.63, 3.8) is 0 Å². The molecule has 240 valence electrons. The highest BCUT2D eigenvalue weighted by molar-refractivity contribution is 6.30. The number of pyridine rings is 1. The van der Waals surface area contributed by atoms with Crippen molar-refractivity contribution in [2.75, 3.05) is 14.2 Å². The van der Waals surface area contributed by atoms with Crippen LogP contribution in [0.3, 0.4) is 0 Å². The van der Waals surface area contributed by atoms with Crippen LogP contribution < -0.4 is 0 Å². The molecule has 5 aromatic rings. The van der Waals surface area contributed by atoms with Crippen LogP contribution in [0.4, 0.5) is 13.2 Å². The maximum absolute atomic E-state index is 12.8. The lowest BCUT2D eigenvalue weighted by Gasteiger charge is -2.16. The van der Waals surface area contributed by atoms with Crippen LogP contribution in [0.2, 0.25) is 10.3 Å². The van der Waals surface area contributed by atoms with Gasteiger partial charge in [-0.05, 0) is 31.5 Å². The first-order valence-electron chi connectivity index (χ1n) is 13.1. The molecule has 45 heavy (non-hydrogen) atoms. The van der Waals surface area contributed by atoms with Crippen molar-refractivity contribution < 1.29 is 38.8 Å². The Hall–Kier alpha value is -4.18. The van der Waals surface area contributed by atoms with Gasteiger partial charge in [-0.25, -0.2) is 23.8 Å². The molecular weight excluding hydrogens is 642 g/mol. The van der Waals surface area contributed by atoms with E-state index in [0.29, 0.717) is 28.2 Å². The van der Waals surface area contributed by atoms with Crippen LogP contribution in [0, 0.1) is 0 Å². The van der Waals surface area contributed by atoms with Crippen molar-refractivity contribution >= 4 is 46.2 Å². The number of hydrogen-bond acceptors (Lipinski definition) is 9. The van der Waals surface area contributed by atoms with Crippen LogP contribution in [0.1, 0.15) is 66.0 Å². The third kappa shape index (κ3) is 7.73. The molecule has 5 aromatic heterocycles. The number of aromatic carboxylic acids is 1. The molecule has 1 N–H and O–H groups in total. The molecule has 0 aliphatic rings. The van der Waals surface area contributed by atoms with E-state index in [4.69, 9.17) is 37.8 Å². The summed E-state index contributed by atoms with van der Waals surface area (Å²) in [5.41, 5.74) is 1.84. The van der Waals surface area contributed by atoms with Gasteiger partial charge in [-0.15, -0.1) is 0 Å². The third-order valence-corrected chi connectivity index (χ3v) is 7.04. The van der Waals surface area contributed by atoms with E-state index < -0.39 is 30.0 Å². The lowest BCUT2D eigenvalue weighted by Crippen LogP contribution is -2.15. The number of carbonyl (C=O) groups is 2. The monoisotopic (exact) mass is 670 g/mol. The van der Waals surface area contributed by atoms with Crippen LogP contribution >= 0.6 is 23.2 Å². The average Bonchev–Trinajstić information content (AvgIpc) is 3.56. The maximum atomic E-state index is 12.8. The topological polar surface area (TPSA) is 146 Å². The maximum Gasteiger partial charge on any atom is 0.433 e. The van der Waals surface area contributed by atoms with E-state index in [0.717, 1.165) is 12.3 Å². The van der Waals surface area contributed by atoms with Crippen molar-refractivity contribution in [2.24, 2.45) is 0 Å². The summed E-state index contributed by atoms with van der Waals surface area (Å²) in [5, 5.41) is 17.8. The van der Waals surface area contributed by atoms with E-state index in [9.17, 15) is 22.8 Å². The minimum atomic E-state index is -4.56. The summed E-state index contributed by atoms with van der Waals surface area (Å²) in [6, 6.07) is 5.40. The smallest absolute Gasteiger partial charge is 0.433 e. The molecule has 17 heteroatoms. The Morgan fingerprint density at radius 2 is 1.47 bits per heavy atom. The molecule has 0 aromatic carbocycles. The number of ketones is 1. The zero-order chi connectivity index (χ0) is 33.1. The number of hydrogen-bond donors (Lipinski definition) is 1. The number of carboxylic acids is 1. The number of Topliss-reactive ketones (excluding diaryl/α,β-unsaturated/α-hetero) is 1. The van der Waals surface area contributed by atoms with Crippen LogP contribution in [0.15, 0.2) is 42.9 Å². The highest BCUT2D eigenvalue weighted by atomic mass is 35.5. The molecule has 0 unspecified atom stereocenters. The summed E-state index contributed by atoms with van der Waals surface area (Å²) in [7, 11) is 3.01. The van der Waals surface area contributed by atoms with Crippen molar-refractivity contribution in [1.82, 2.24) is 34.2 Å². The largest absolute Gasteiger partial charge is 0.478 e. The highest BCUT2D eigenvalue weighted by Crippen LogP contribution is 2.28. The molecule has 12 nitrogen and oxygen atoms in total. The number of fused-ring (bicyclic) bond motifs is 2. The first-order valence-corrected chi connectivity index (χ1v) is 13.9. The van der Waals surface area contributed by atoms with Crippen molar-refractivity contribution in [3.05, 3.63) is 86.9 Å². The zero-order valence-electron chi connectivity index (χ0n) is 24.2. The van der Waals surface area contributed by atoms with Gasteiger partial charge in [-0.1, -0.05) is 23.2 Å². The first-order chi connectivity index (χ1) is 21.2. The van der Waals surface area contributed by atoms with Gasteiger partial charge in [0.25, 0.3) is 0 Å². The Bertz CT molecular complexity index is 1870. The van der Waals surface area contributed by atoms with Crippen molar-refractivity contribution in [3.8, 4) is 0 Å². The molecule has 0 amide bonds.